The molecule has 17 heavy (non-hydrogen) atoms. The molecule has 1 aliphatic rings. The molecular weight excluding hydrogens is 248 g/mol. The predicted molar refractivity (Wildman–Crippen MR) is 60.1 cm³/mol. The average Bonchev–Trinajstić information content (AvgIpc) is 2.29. The fourth-order valence-corrected chi connectivity index (χ4v) is 2.05. The smallest absolute Gasteiger partial charge is 0.318 e. The molecule has 3 heterocycles. The Balaban J connectivity index is 2.62. The van der Waals surface area contributed by atoms with Crippen molar-refractivity contribution in [1.29, 1.82) is 0 Å². The van der Waals surface area contributed by atoms with E-state index in [4.69, 9.17) is 11.6 Å². The van der Waals surface area contributed by atoms with Gasteiger partial charge in [-0.25, -0.2) is 0 Å². The lowest BCUT2D eigenvalue weighted by Crippen LogP contribution is -2.42. The summed E-state index contributed by atoms with van der Waals surface area (Å²) in [5.41, 5.74) is -1.88. The Morgan fingerprint density at radius 1 is 1.29 bits per heavy atom. The molecule has 1 atom stereocenters. The van der Waals surface area contributed by atoms with E-state index in [0.717, 1.165) is 4.57 Å². The summed E-state index contributed by atoms with van der Waals surface area (Å²) in [7, 11) is 0. The third-order valence-corrected chi connectivity index (χ3v) is 2.91. The van der Waals surface area contributed by atoms with Gasteiger partial charge < -0.3 is 10.3 Å². The highest BCUT2D eigenvalue weighted by Gasteiger charge is 2.28. The summed E-state index contributed by atoms with van der Waals surface area (Å²) in [6.07, 6.45) is 2.77. The molecule has 2 N–H and O–H groups in total. The van der Waals surface area contributed by atoms with Crippen LogP contribution in [0.1, 0.15) is 5.50 Å². The van der Waals surface area contributed by atoms with Gasteiger partial charge in [-0.05, 0) is 0 Å². The van der Waals surface area contributed by atoms with Crippen LogP contribution in [0.3, 0.4) is 0 Å². The molecule has 2 aromatic rings. The monoisotopic (exact) mass is 252 g/mol. The Hall–Kier alpha value is -2.15. The maximum Gasteiger partial charge on any atom is 0.318 e. The van der Waals surface area contributed by atoms with Crippen molar-refractivity contribution in [1.82, 2.24) is 14.5 Å². The Kier molecular flexibility index (Phi) is 1.87. The van der Waals surface area contributed by atoms with Crippen molar-refractivity contribution >= 4 is 34.2 Å². The Labute approximate surface area is 98.0 Å². The molecule has 2 aromatic heterocycles. The lowest BCUT2D eigenvalue weighted by atomic mass is 10.2. The Morgan fingerprint density at radius 2 is 2.06 bits per heavy atom. The van der Waals surface area contributed by atoms with Crippen LogP contribution in [0.4, 0.5) is 5.69 Å². The number of nitrogens with zero attached hydrogens (tertiary/aromatic N) is 2. The SMILES string of the molecule is O=C1Nc2cncc3[nH]c(=O)c(=O)n(c23)C1Cl. The van der Waals surface area contributed by atoms with Crippen LogP contribution < -0.4 is 16.4 Å². The van der Waals surface area contributed by atoms with E-state index in [9.17, 15) is 14.4 Å². The van der Waals surface area contributed by atoms with Crippen LogP contribution in [0.5, 0.6) is 0 Å². The zero-order chi connectivity index (χ0) is 12.2. The van der Waals surface area contributed by atoms with Gasteiger partial charge in [-0.1, -0.05) is 11.6 Å². The van der Waals surface area contributed by atoms with Crippen molar-refractivity contribution in [2.24, 2.45) is 0 Å². The van der Waals surface area contributed by atoms with E-state index in [1.54, 1.807) is 0 Å². The summed E-state index contributed by atoms with van der Waals surface area (Å²) in [6.45, 7) is 0. The van der Waals surface area contributed by atoms with Crippen LogP contribution in [-0.4, -0.2) is 20.4 Å². The summed E-state index contributed by atoms with van der Waals surface area (Å²) < 4.78 is 0.964. The number of hydrogen-bond acceptors (Lipinski definition) is 4. The number of aromatic amines is 1. The normalized spacial score (nSPS) is 18.2. The van der Waals surface area contributed by atoms with Crippen LogP contribution in [0.15, 0.2) is 22.0 Å². The molecule has 0 spiro atoms. The lowest BCUT2D eigenvalue weighted by molar-refractivity contribution is -0.117. The molecule has 0 bridgehead atoms. The first-order chi connectivity index (χ1) is 8.09. The van der Waals surface area contributed by atoms with Gasteiger partial charge in [0.1, 0.15) is 0 Å². The van der Waals surface area contributed by atoms with Crippen molar-refractivity contribution in [3.8, 4) is 0 Å². The van der Waals surface area contributed by atoms with Crippen molar-refractivity contribution in [2.45, 2.75) is 5.50 Å². The molecular formula is C9H5ClN4O3. The number of anilines is 1. The quantitative estimate of drug-likeness (QED) is 0.500. The largest absolute Gasteiger partial charge is 0.320 e. The van der Waals surface area contributed by atoms with Crippen LogP contribution in [0.2, 0.25) is 0 Å². The molecule has 8 heteroatoms. The number of rotatable bonds is 0. The molecule has 7 nitrogen and oxygen atoms in total. The van der Waals surface area contributed by atoms with Gasteiger partial charge in [0, 0.05) is 0 Å². The minimum Gasteiger partial charge on any atom is -0.320 e. The van der Waals surface area contributed by atoms with E-state index in [0.29, 0.717) is 16.7 Å². The number of pyridine rings is 1. The number of carbonyl (C=O) groups is 1. The molecule has 1 amide bonds. The lowest BCUT2D eigenvalue weighted by Gasteiger charge is -2.22. The minimum absolute atomic E-state index is 0.345. The van der Waals surface area contributed by atoms with Crippen LogP contribution in [0.25, 0.3) is 11.0 Å². The highest BCUT2D eigenvalue weighted by atomic mass is 35.5. The standard InChI is InChI=1S/C9H5ClN4O3/c10-6-7(15)12-3-1-11-2-4-5(3)14(6)9(17)8(16)13-4/h1-2,6H,(H,12,15)(H,13,16). The van der Waals surface area contributed by atoms with Crippen LogP contribution in [0, 0.1) is 0 Å². The molecule has 1 aliphatic heterocycles. The van der Waals surface area contributed by atoms with Gasteiger partial charge in [0.05, 0.1) is 29.1 Å². The summed E-state index contributed by atoms with van der Waals surface area (Å²) in [5, 5.41) is 2.51. The third kappa shape index (κ3) is 1.22. The first kappa shape index (κ1) is 10.0. The highest BCUT2D eigenvalue weighted by Crippen LogP contribution is 2.28. The summed E-state index contributed by atoms with van der Waals surface area (Å²) in [5.74, 6) is -0.568. The number of H-pyrrole nitrogens is 1. The maximum atomic E-state index is 11.7. The first-order valence-electron chi connectivity index (χ1n) is 4.67. The molecule has 3 rings (SSSR count). The molecule has 0 aliphatic carbocycles. The van der Waals surface area contributed by atoms with Crippen LogP contribution >= 0.6 is 11.6 Å². The summed E-state index contributed by atoms with van der Waals surface area (Å²) in [6, 6.07) is 0. The first-order valence-corrected chi connectivity index (χ1v) is 5.10. The van der Waals surface area contributed by atoms with Gasteiger partial charge in [0.25, 0.3) is 5.91 Å². The molecule has 0 saturated carbocycles. The number of amides is 1. The average molecular weight is 253 g/mol. The number of alkyl halides is 1. The number of nitrogens with one attached hydrogen (secondary N) is 2. The van der Waals surface area contributed by atoms with E-state index >= 15 is 0 Å². The highest BCUT2D eigenvalue weighted by molar-refractivity contribution is 6.32. The number of aromatic nitrogens is 3. The number of hydrogen-bond donors (Lipinski definition) is 2. The number of halogens is 1. The number of carbonyl (C=O) groups excluding carboxylic acids is 1. The van der Waals surface area contributed by atoms with Gasteiger partial charge in [0.2, 0.25) is 0 Å². The van der Waals surface area contributed by atoms with E-state index in [-0.39, 0.29) is 0 Å². The van der Waals surface area contributed by atoms with Gasteiger partial charge in [0.15, 0.2) is 5.50 Å². The summed E-state index contributed by atoms with van der Waals surface area (Å²) >= 11 is 5.82. The van der Waals surface area contributed by atoms with Gasteiger partial charge in [-0.15, -0.1) is 0 Å². The van der Waals surface area contributed by atoms with Crippen molar-refractivity contribution in [3.63, 3.8) is 0 Å². The van der Waals surface area contributed by atoms with E-state index in [2.05, 4.69) is 15.3 Å². The zero-order valence-electron chi connectivity index (χ0n) is 8.23. The third-order valence-electron chi connectivity index (χ3n) is 2.52. The second kappa shape index (κ2) is 3.17. The minimum atomic E-state index is -1.23. The Bertz CT molecular complexity index is 763. The summed E-state index contributed by atoms with van der Waals surface area (Å²) in [4.78, 5) is 40.8. The van der Waals surface area contributed by atoms with E-state index in [1.165, 1.54) is 12.4 Å². The molecule has 1 unspecified atom stereocenters. The molecule has 0 fully saturated rings. The van der Waals surface area contributed by atoms with E-state index < -0.39 is 22.5 Å². The second-order valence-electron chi connectivity index (χ2n) is 3.54. The second-order valence-corrected chi connectivity index (χ2v) is 3.95. The predicted octanol–water partition coefficient (Wildman–Crippen LogP) is -0.226. The molecule has 0 aromatic carbocycles. The van der Waals surface area contributed by atoms with Crippen molar-refractivity contribution in [2.75, 3.05) is 5.32 Å². The maximum absolute atomic E-state index is 11.7. The molecule has 0 saturated heterocycles. The molecule has 86 valence electrons. The fourth-order valence-electron chi connectivity index (χ4n) is 1.81. The molecule has 0 radical (unpaired) electrons. The van der Waals surface area contributed by atoms with Gasteiger partial charge in [-0.3, -0.25) is 23.9 Å². The zero-order valence-corrected chi connectivity index (χ0v) is 8.99. The van der Waals surface area contributed by atoms with E-state index in [1.807, 2.05) is 0 Å². The van der Waals surface area contributed by atoms with Gasteiger partial charge in [-0.2, -0.15) is 0 Å². The Morgan fingerprint density at radius 3 is 2.82 bits per heavy atom. The van der Waals surface area contributed by atoms with Gasteiger partial charge >= 0.3 is 11.1 Å². The fraction of sp³-hybridized carbons (Fsp3) is 0.111. The van der Waals surface area contributed by atoms with Crippen LogP contribution in [-0.2, 0) is 4.79 Å². The van der Waals surface area contributed by atoms with Crippen molar-refractivity contribution in [3.05, 3.63) is 33.1 Å². The topological polar surface area (TPSA) is 96.8 Å². The van der Waals surface area contributed by atoms with Crippen molar-refractivity contribution < 1.29 is 4.79 Å².